The van der Waals surface area contributed by atoms with E-state index in [4.69, 9.17) is 25.2 Å². The maximum atomic E-state index is 13.6. The summed E-state index contributed by atoms with van der Waals surface area (Å²) < 4.78 is 63.0. The number of carbonyl (C=O) groups excluding carboxylic acids is 2. The molecule has 3 aliphatic rings. The number of rotatable bonds is 11. The van der Waals surface area contributed by atoms with Crippen molar-refractivity contribution in [1.29, 1.82) is 0 Å². The summed E-state index contributed by atoms with van der Waals surface area (Å²) in [4.78, 5) is 45.1. The number of likely N-dealkylation sites (tertiary alicyclic amines) is 1. The number of primary amides is 1. The molecule has 2 heterocycles. The second-order valence-electron chi connectivity index (χ2n) is 11.1. The highest BCUT2D eigenvalue weighted by atomic mass is 32.2. The molecule has 2 amide bonds. The van der Waals surface area contributed by atoms with Gasteiger partial charge in [0.05, 0.1) is 11.5 Å². The van der Waals surface area contributed by atoms with Gasteiger partial charge >= 0.3 is 12.1 Å². The van der Waals surface area contributed by atoms with Crippen molar-refractivity contribution in [3.8, 4) is 5.75 Å². The normalized spacial score (nSPS) is 19.4. The van der Waals surface area contributed by atoms with Gasteiger partial charge in [0.2, 0.25) is 11.8 Å². The number of piperidine rings is 1. The molecule has 1 aliphatic carbocycles. The van der Waals surface area contributed by atoms with Crippen molar-refractivity contribution in [2.75, 3.05) is 19.7 Å². The zero-order chi connectivity index (χ0) is 34.4. The van der Waals surface area contributed by atoms with Crippen LogP contribution in [0.4, 0.5) is 13.2 Å². The van der Waals surface area contributed by atoms with Crippen molar-refractivity contribution in [3.63, 3.8) is 0 Å². The summed E-state index contributed by atoms with van der Waals surface area (Å²) in [5.41, 5.74) is 10.9. The van der Waals surface area contributed by atoms with Gasteiger partial charge in [0.15, 0.2) is 20.8 Å². The molecule has 0 spiro atoms. The minimum atomic E-state index is -5.08. The average molecular weight is 686 g/mol. The molecule has 14 nitrogen and oxygen atoms in total. The molecular formula is C29H34F3N5O9S. The first kappa shape index (κ1) is 35.6. The number of hydroxylamine groups is 2. The number of ether oxygens (including phenoxy) is 1. The number of aliphatic carboxylic acids is 1. The van der Waals surface area contributed by atoms with Crippen LogP contribution < -0.4 is 21.4 Å². The Balaban J connectivity index is 0.000000644. The zero-order valence-corrected chi connectivity index (χ0v) is 25.7. The van der Waals surface area contributed by atoms with Crippen molar-refractivity contribution in [1.82, 2.24) is 15.9 Å². The van der Waals surface area contributed by atoms with Crippen molar-refractivity contribution in [2.45, 2.75) is 66.6 Å². The molecule has 47 heavy (non-hydrogen) atoms. The van der Waals surface area contributed by atoms with E-state index in [0.717, 1.165) is 18.4 Å². The summed E-state index contributed by atoms with van der Waals surface area (Å²) in [6.07, 6.45) is -2.00. The van der Waals surface area contributed by atoms with E-state index < -0.39 is 44.7 Å². The number of aliphatic imine (C=N–C) groups is 1. The summed E-state index contributed by atoms with van der Waals surface area (Å²) in [5, 5.41) is 16.5. The monoisotopic (exact) mass is 685 g/mol. The Labute approximate surface area is 267 Å². The Kier molecular flexibility index (Phi) is 11.1. The first-order valence-electron chi connectivity index (χ1n) is 14.5. The molecule has 2 aromatic carbocycles. The Hall–Kier alpha value is -4.26. The lowest BCUT2D eigenvalue weighted by Gasteiger charge is -2.39. The SMILES string of the molecule is NC(=O)c1cccc(C2N=C(CCCOc3ccc(S(=O)(=O)C4(C(=O)NO)CCN(C5CC5)CC4)cc3)ON2)c1.O=C(O)C(F)(F)F. The lowest BCUT2D eigenvalue weighted by Crippen LogP contribution is -2.58. The third kappa shape index (κ3) is 8.56. The molecule has 1 saturated carbocycles. The second kappa shape index (κ2) is 14.7. The number of sulfone groups is 1. The van der Waals surface area contributed by atoms with E-state index in [1.165, 1.54) is 12.1 Å². The maximum Gasteiger partial charge on any atom is 0.490 e. The fraction of sp³-hybridized carbons (Fsp3) is 0.448. The number of carboxylic acids is 1. The van der Waals surface area contributed by atoms with Gasteiger partial charge in [0.1, 0.15) is 5.75 Å². The van der Waals surface area contributed by atoms with Crippen LogP contribution in [-0.4, -0.2) is 84.0 Å². The molecule has 1 saturated heterocycles. The number of nitrogens with one attached hydrogen (secondary N) is 2. The van der Waals surface area contributed by atoms with Gasteiger partial charge in [-0.25, -0.2) is 23.7 Å². The average Bonchev–Trinajstić information content (AvgIpc) is 3.80. The highest BCUT2D eigenvalue weighted by Gasteiger charge is 2.54. The Morgan fingerprint density at radius 2 is 1.77 bits per heavy atom. The molecular weight excluding hydrogens is 651 g/mol. The topological polar surface area (TPSA) is 210 Å². The van der Waals surface area contributed by atoms with E-state index in [-0.39, 0.29) is 17.7 Å². The van der Waals surface area contributed by atoms with Crippen LogP contribution in [-0.2, 0) is 24.3 Å². The van der Waals surface area contributed by atoms with E-state index in [2.05, 4.69) is 15.4 Å². The van der Waals surface area contributed by atoms with Crippen LogP contribution in [0.3, 0.4) is 0 Å². The third-order valence-electron chi connectivity index (χ3n) is 7.93. The van der Waals surface area contributed by atoms with Crippen LogP contribution in [0.5, 0.6) is 5.75 Å². The summed E-state index contributed by atoms with van der Waals surface area (Å²) >= 11 is 0. The summed E-state index contributed by atoms with van der Waals surface area (Å²) in [7, 11) is -4.07. The molecule has 0 aromatic heterocycles. The quantitative estimate of drug-likeness (QED) is 0.132. The predicted molar refractivity (Wildman–Crippen MR) is 158 cm³/mol. The largest absolute Gasteiger partial charge is 0.494 e. The molecule has 2 aliphatic heterocycles. The van der Waals surface area contributed by atoms with Crippen LogP contribution in [0.15, 0.2) is 58.4 Å². The molecule has 1 unspecified atom stereocenters. The number of hydrogen-bond acceptors (Lipinski definition) is 11. The molecule has 2 aromatic rings. The number of alkyl halides is 3. The number of halogens is 3. The van der Waals surface area contributed by atoms with Gasteiger partial charge in [-0.05, 0) is 74.1 Å². The van der Waals surface area contributed by atoms with Gasteiger partial charge in [-0.3, -0.25) is 14.8 Å². The smallest absolute Gasteiger partial charge is 0.490 e. The summed E-state index contributed by atoms with van der Waals surface area (Å²) in [5.74, 6) is -3.18. The van der Waals surface area contributed by atoms with Gasteiger partial charge in [-0.15, -0.1) is 5.48 Å². The minimum Gasteiger partial charge on any atom is -0.494 e. The zero-order valence-electron chi connectivity index (χ0n) is 24.9. The van der Waals surface area contributed by atoms with E-state index >= 15 is 0 Å². The van der Waals surface area contributed by atoms with Gasteiger partial charge in [-0.1, -0.05) is 12.1 Å². The lowest BCUT2D eigenvalue weighted by molar-refractivity contribution is -0.192. The highest BCUT2D eigenvalue weighted by Crippen LogP contribution is 2.39. The van der Waals surface area contributed by atoms with Crippen LogP contribution in [0, 0.1) is 0 Å². The fourth-order valence-corrected chi connectivity index (χ4v) is 7.16. The molecule has 0 radical (unpaired) electrons. The molecule has 18 heteroatoms. The van der Waals surface area contributed by atoms with Crippen molar-refractivity contribution in [3.05, 3.63) is 59.7 Å². The number of hydrogen-bond donors (Lipinski definition) is 5. The van der Waals surface area contributed by atoms with E-state index in [1.807, 2.05) is 6.07 Å². The fourth-order valence-electron chi connectivity index (χ4n) is 5.20. The minimum absolute atomic E-state index is 0.00885. The third-order valence-corrected chi connectivity index (χ3v) is 10.4. The van der Waals surface area contributed by atoms with Crippen LogP contribution in [0.25, 0.3) is 0 Å². The Morgan fingerprint density at radius 3 is 2.32 bits per heavy atom. The Bertz CT molecular complexity index is 1590. The molecule has 2 fully saturated rings. The van der Waals surface area contributed by atoms with Crippen molar-refractivity contribution in [2.24, 2.45) is 10.7 Å². The van der Waals surface area contributed by atoms with Crippen molar-refractivity contribution < 1.29 is 55.9 Å². The molecule has 6 N–H and O–H groups in total. The van der Waals surface area contributed by atoms with Gasteiger partial charge in [-0.2, -0.15) is 13.2 Å². The van der Waals surface area contributed by atoms with Gasteiger partial charge in [0, 0.05) is 31.1 Å². The first-order chi connectivity index (χ1) is 22.2. The highest BCUT2D eigenvalue weighted by molar-refractivity contribution is 7.93. The lowest BCUT2D eigenvalue weighted by atomic mass is 9.94. The molecule has 256 valence electrons. The standard InChI is InChI=1S/C27H33N5O7S.C2HF3O2/c28-24(33)18-3-1-4-19(17-18)25-29-23(39-31-25)5-2-16-38-21-8-10-22(11-9-21)40(36,37)27(26(34)30-35)12-14-32(15-13-27)20-6-7-20;3-2(4,5)1(6)7/h1,3-4,8-11,17,20,25,31,35H,2,5-7,12-16H2,(H2,28,33)(H,30,34);(H,6,7). The van der Waals surface area contributed by atoms with Crippen molar-refractivity contribution >= 4 is 33.5 Å². The number of amides is 2. The molecule has 1 atom stereocenters. The summed E-state index contributed by atoms with van der Waals surface area (Å²) in [6, 6.07) is 13.3. The predicted octanol–water partition coefficient (Wildman–Crippen LogP) is 2.49. The number of benzene rings is 2. The number of carboxylic acid groups (broad SMARTS) is 1. The number of carbonyl (C=O) groups is 3. The second-order valence-corrected chi connectivity index (χ2v) is 13.3. The molecule has 0 bridgehead atoms. The van der Waals surface area contributed by atoms with E-state index in [9.17, 15) is 36.4 Å². The van der Waals surface area contributed by atoms with Crippen LogP contribution in [0.1, 0.15) is 60.6 Å². The van der Waals surface area contributed by atoms with Crippen LogP contribution in [0.2, 0.25) is 0 Å². The summed E-state index contributed by atoms with van der Waals surface area (Å²) in [6.45, 7) is 1.32. The first-order valence-corrected chi connectivity index (χ1v) is 16.0. The number of nitrogens with two attached hydrogens (primary N) is 1. The van der Waals surface area contributed by atoms with E-state index in [0.29, 0.717) is 55.8 Å². The van der Waals surface area contributed by atoms with Crippen LogP contribution >= 0.6 is 0 Å². The molecule has 5 rings (SSSR count). The van der Waals surface area contributed by atoms with E-state index in [1.54, 1.807) is 35.8 Å². The Morgan fingerprint density at radius 1 is 1.13 bits per heavy atom. The maximum absolute atomic E-state index is 13.6. The number of nitrogens with zero attached hydrogens (tertiary/aromatic N) is 2. The van der Waals surface area contributed by atoms with Gasteiger partial charge < -0.3 is 25.3 Å². The van der Waals surface area contributed by atoms with Gasteiger partial charge in [0.25, 0.3) is 5.91 Å².